The zero-order chi connectivity index (χ0) is 12.6. The van der Waals surface area contributed by atoms with E-state index in [1.54, 1.807) is 0 Å². The van der Waals surface area contributed by atoms with Gasteiger partial charge in [0.1, 0.15) is 11.6 Å². The third-order valence-electron chi connectivity index (χ3n) is 3.27. The molecule has 1 atom stereocenters. The van der Waals surface area contributed by atoms with Crippen LogP contribution in [-0.4, -0.2) is 5.91 Å². The highest BCUT2D eigenvalue weighted by Crippen LogP contribution is 2.34. The van der Waals surface area contributed by atoms with E-state index in [0.717, 1.165) is 6.07 Å². The Labute approximate surface area is 99.0 Å². The van der Waals surface area contributed by atoms with Crippen LogP contribution in [0.4, 0.5) is 8.78 Å². The molecule has 1 amide bonds. The van der Waals surface area contributed by atoms with Crippen molar-refractivity contribution in [3.05, 3.63) is 35.4 Å². The fourth-order valence-corrected chi connectivity index (χ4v) is 2.07. The third-order valence-corrected chi connectivity index (χ3v) is 3.27. The minimum Gasteiger partial charge on any atom is -0.349 e. The first-order valence-electron chi connectivity index (χ1n) is 5.65. The second-order valence-corrected chi connectivity index (χ2v) is 5.15. The number of hydrogen-bond acceptors (Lipinski definition) is 1. The van der Waals surface area contributed by atoms with Crippen molar-refractivity contribution in [1.82, 2.24) is 5.32 Å². The summed E-state index contributed by atoms with van der Waals surface area (Å²) in [6, 6.07) is 3.08. The van der Waals surface area contributed by atoms with Crippen LogP contribution in [0.2, 0.25) is 0 Å². The van der Waals surface area contributed by atoms with Crippen LogP contribution in [0, 0.1) is 17.0 Å². The van der Waals surface area contributed by atoms with Gasteiger partial charge in [-0.05, 0) is 30.5 Å². The summed E-state index contributed by atoms with van der Waals surface area (Å²) in [7, 11) is 0. The van der Waals surface area contributed by atoms with Crippen LogP contribution in [0.1, 0.15) is 38.3 Å². The molecule has 1 N–H and O–H groups in total. The van der Waals surface area contributed by atoms with Crippen LogP contribution in [0.3, 0.4) is 0 Å². The highest BCUT2D eigenvalue weighted by Gasteiger charge is 2.35. The van der Waals surface area contributed by atoms with Gasteiger partial charge in [0.25, 0.3) is 0 Å². The number of halogens is 2. The maximum atomic E-state index is 13.1. The second-order valence-electron chi connectivity index (χ2n) is 5.15. The first kappa shape index (κ1) is 12.0. The van der Waals surface area contributed by atoms with Crippen LogP contribution < -0.4 is 5.32 Å². The molecule has 1 aromatic carbocycles. The van der Waals surface area contributed by atoms with Crippen LogP contribution in [0.5, 0.6) is 0 Å². The Balaban J connectivity index is 2.22. The Morgan fingerprint density at radius 3 is 2.35 bits per heavy atom. The van der Waals surface area contributed by atoms with Gasteiger partial charge in [-0.3, -0.25) is 4.79 Å². The third kappa shape index (κ3) is 2.46. The Morgan fingerprint density at radius 2 is 1.82 bits per heavy atom. The van der Waals surface area contributed by atoms with Crippen LogP contribution >= 0.6 is 0 Å². The van der Waals surface area contributed by atoms with E-state index in [9.17, 15) is 13.6 Å². The first-order valence-corrected chi connectivity index (χ1v) is 5.65. The van der Waals surface area contributed by atoms with Gasteiger partial charge < -0.3 is 5.32 Å². The summed E-state index contributed by atoms with van der Waals surface area (Å²) in [5.74, 6) is -1.29. The maximum Gasteiger partial charge on any atom is 0.226 e. The molecule has 4 heteroatoms. The van der Waals surface area contributed by atoms with Crippen molar-refractivity contribution in [3.8, 4) is 0 Å². The summed E-state index contributed by atoms with van der Waals surface area (Å²) < 4.78 is 26.2. The monoisotopic (exact) mass is 239 g/mol. The Kier molecular flexibility index (Phi) is 2.89. The number of amides is 1. The van der Waals surface area contributed by atoms with Gasteiger partial charge in [0.15, 0.2) is 0 Å². The zero-order valence-electron chi connectivity index (χ0n) is 9.89. The lowest BCUT2D eigenvalue weighted by molar-refractivity contribution is -0.133. The number of carbonyl (C=O) groups is 1. The normalized spacial score (nSPS) is 23.3. The molecule has 17 heavy (non-hydrogen) atoms. The molecule has 1 aliphatic rings. The summed E-state index contributed by atoms with van der Waals surface area (Å²) in [5.41, 5.74) is 0.0916. The fraction of sp³-hybridized carbons (Fsp3) is 0.462. The molecular weight excluding hydrogens is 224 g/mol. The van der Waals surface area contributed by atoms with E-state index in [2.05, 4.69) is 5.32 Å². The van der Waals surface area contributed by atoms with Crippen molar-refractivity contribution in [2.75, 3.05) is 0 Å². The Bertz CT molecular complexity index is 436. The quantitative estimate of drug-likeness (QED) is 0.802. The Morgan fingerprint density at radius 1 is 1.24 bits per heavy atom. The van der Waals surface area contributed by atoms with E-state index in [1.165, 1.54) is 12.1 Å². The summed E-state index contributed by atoms with van der Waals surface area (Å²) in [4.78, 5) is 11.8. The van der Waals surface area contributed by atoms with Crippen molar-refractivity contribution in [2.24, 2.45) is 5.41 Å². The second kappa shape index (κ2) is 4.09. The van der Waals surface area contributed by atoms with Gasteiger partial charge in [0, 0.05) is 11.5 Å². The molecule has 2 rings (SSSR count). The zero-order valence-corrected chi connectivity index (χ0v) is 9.89. The minimum absolute atomic E-state index is 0.0709. The lowest BCUT2D eigenvalue weighted by atomic mass is 9.80. The van der Waals surface area contributed by atoms with Gasteiger partial charge in [-0.15, -0.1) is 0 Å². The summed E-state index contributed by atoms with van der Waals surface area (Å²) in [6.07, 6.45) is 1.41. The molecule has 0 radical (unpaired) electrons. The Hall–Kier alpha value is -1.45. The molecule has 0 saturated carbocycles. The number of benzene rings is 1. The average Bonchev–Trinajstić information content (AvgIpc) is 2.20. The van der Waals surface area contributed by atoms with Gasteiger partial charge >= 0.3 is 0 Å². The lowest BCUT2D eigenvalue weighted by Crippen LogP contribution is -2.44. The van der Waals surface area contributed by atoms with Gasteiger partial charge in [0.2, 0.25) is 5.91 Å². The van der Waals surface area contributed by atoms with E-state index in [0.29, 0.717) is 18.4 Å². The number of carbonyl (C=O) groups excluding carboxylic acids is 1. The fourth-order valence-electron chi connectivity index (χ4n) is 2.07. The number of hydrogen-bond donors (Lipinski definition) is 1. The van der Waals surface area contributed by atoms with Crippen LogP contribution in [0.15, 0.2) is 18.2 Å². The van der Waals surface area contributed by atoms with Crippen LogP contribution in [-0.2, 0) is 4.79 Å². The van der Waals surface area contributed by atoms with Crippen molar-refractivity contribution in [2.45, 2.75) is 32.7 Å². The van der Waals surface area contributed by atoms with Gasteiger partial charge in [0.05, 0.1) is 6.04 Å². The number of nitrogens with one attached hydrogen (secondary N) is 1. The van der Waals surface area contributed by atoms with E-state index in [-0.39, 0.29) is 11.9 Å². The van der Waals surface area contributed by atoms with Gasteiger partial charge in [-0.2, -0.15) is 0 Å². The molecular formula is C13H15F2NO. The topological polar surface area (TPSA) is 29.1 Å². The van der Waals surface area contributed by atoms with Gasteiger partial charge in [-0.25, -0.2) is 8.78 Å². The molecule has 1 heterocycles. The molecule has 2 nitrogen and oxygen atoms in total. The van der Waals surface area contributed by atoms with E-state index in [1.807, 2.05) is 13.8 Å². The maximum absolute atomic E-state index is 13.1. The largest absolute Gasteiger partial charge is 0.349 e. The van der Waals surface area contributed by atoms with Crippen molar-refractivity contribution < 1.29 is 13.6 Å². The summed E-state index contributed by atoms with van der Waals surface area (Å²) in [5, 5.41) is 2.81. The number of piperidine rings is 1. The van der Waals surface area contributed by atoms with E-state index < -0.39 is 17.0 Å². The lowest BCUT2D eigenvalue weighted by Gasteiger charge is -2.34. The van der Waals surface area contributed by atoms with Crippen molar-refractivity contribution in [3.63, 3.8) is 0 Å². The molecule has 0 spiro atoms. The SMILES string of the molecule is CC1(C)CCC(c2cc(F)cc(F)c2)NC1=O. The molecule has 1 aliphatic heterocycles. The molecule has 1 unspecified atom stereocenters. The molecule has 0 aromatic heterocycles. The molecule has 1 aromatic rings. The highest BCUT2D eigenvalue weighted by molar-refractivity contribution is 5.83. The molecule has 92 valence electrons. The van der Waals surface area contributed by atoms with Crippen molar-refractivity contribution in [1.29, 1.82) is 0 Å². The van der Waals surface area contributed by atoms with E-state index >= 15 is 0 Å². The van der Waals surface area contributed by atoms with Crippen molar-refractivity contribution >= 4 is 5.91 Å². The predicted octanol–water partition coefficient (Wildman–Crippen LogP) is 2.94. The predicted molar refractivity (Wildman–Crippen MR) is 60.3 cm³/mol. The van der Waals surface area contributed by atoms with E-state index in [4.69, 9.17) is 0 Å². The first-order chi connectivity index (χ1) is 7.88. The standard InChI is InChI=1S/C13H15F2NO/c1-13(2)4-3-11(16-12(13)17)8-5-9(14)7-10(15)6-8/h5-7,11H,3-4H2,1-2H3,(H,16,17). The van der Waals surface area contributed by atoms with Gasteiger partial charge in [-0.1, -0.05) is 13.8 Å². The minimum atomic E-state index is -0.612. The summed E-state index contributed by atoms with van der Waals surface area (Å²) >= 11 is 0. The highest BCUT2D eigenvalue weighted by atomic mass is 19.1. The summed E-state index contributed by atoms with van der Waals surface area (Å²) in [6.45, 7) is 3.73. The number of rotatable bonds is 1. The molecule has 1 fully saturated rings. The molecule has 1 saturated heterocycles. The molecule has 0 bridgehead atoms. The smallest absolute Gasteiger partial charge is 0.226 e. The van der Waals surface area contributed by atoms with Crippen LogP contribution in [0.25, 0.3) is 0 Å². The average molecular weight is 239 g/mol. The molecule has 0 aliphatic carbocycles.